The molecule has 3 atom stereocenters. The molecule has 0 N–H and O–H groups in total. The molecule has 1 aromatic rings. The SMILES string of the molecule is COCc1cnc(N2CCC(C3CC3COCC3=CC=CC(S(C)(=O)=O)C=C3F)CC2)nc1. The minimum Gasteiger partial charge on any atom is -0.380 e. The first kappa shape index (κ1) is 24.0. The number of hydrogen-bond acceptors (Lipinski definition) is 7. The number of nitrogens with zero attached hydrogens (tertiary/aromatic N) is 3. The fourth-order valence-electron chi connectivity index (χ4n) is 4.69. The fourth-order valence-corrected chi connectivity index (χ4v) is 5.43. The van der Waals surface area contributed by atoms with Crippen molar-refractivity contribution in [3.63, 3.8) is 0 Å². The molecule has 33 heavy (non-hydrogen) atoms. The van der Waals surface area contributed by atoms with Crippen LogP contribution >= 0.6 is 0 Å². The van der Waals surface area contributed by atoms with Crippen LogP contribution in [0.5, 0.6) is 0 Å². The Labute approximate surface area is 195 Å². The van der Waals surface area contributed by atoms with Gasteiger partial charge < -0.3 is 14.4 Å². The number of aromatic nitrogens is 2. The van der Waals surface area contributed by atoms with E-state index in [0.717, 1.165) is 56.2 Å². The Balaban J connectivity index is 1.19. The average Bonchev–Trinajstić information content (AvgIpc) is 3.59. The number of allylic oxidation sites excluding steroid dienone is 2. The third-order valence-electron chi connectivity index (χ3n) is 6.71. The molecule has 9 heteroatoms. The van der Waals surface area contributed by atoms with Crippen molar-refractivity contribution in [1.82, 2.24) is 9.97 Å². The van der Waals surface area contributed by atoms with Crippen LogP contribution in [0.25, 0.3) is 0 Å². The monoisotopic (exact) mass is 477 g/mol. The lowest BCUT2D eigenvalue weighted by molar-refractivity contribution is 0.136. The summed E-state index contributed by atoms with van der Waals surface area (Å²) in [5.41, 5.74) is 1.36. The predicted octanol–water partition coefficient (Wildman–Crippen LogP) is 3.25. The Hall–Kier alpha value is -2.10. The minimum absolute atomic E-state index is 0.154. The molecular formula is C24H32FN3O4S. The highest BCUT2D eigenvalue weighted by Gasteiger charge is 2.43. The lowest BCUT2D eigenvalue weighted by Gasteiger charge is -2.32. The number of ether oxygens (including phenoxy) is 2. The summed E-state index contributed by atoms with van der Waals surface area (Å²) in [5, 5.41) is -0.932. The summed E-state index contributed by atoms with van der Waals surface area (Å²) in [7, 11) is -1.71. The summed E-state index contributed by atoms with van der Waals surface area (Å²) in [6.07, 6.45) is 14.0. The van der Waals surface area contributed by atoms with Crippen molar-refractivity contribution in [2.24, 2.45) is 17.8 Å². The largest absolute Gasteiger partial charge is 0.380 e. The summed E-state index contributed by atoms with van der Waals surface area (Å²) in [4.78, 5) is 11.2. The highest BCUT2D eigenvalue weighted by atomic mass is 32.2. The maximum absolute atomic E-state index is 14.4. The van der Waals surface area contributed by atoms with Gasteiger partial charge in [-0.25, -0.2) is 22.8 Å². The molecule has 1 saturated carbocycles. The normalized spacial score (nSPS) is 26.0. The molecule has 2 aliphatic carbocycles. The first-order valence-corrected chi connectivity index (χ1v) is 13.4. The summed E-state index contributed by atoms with van der Waals surface area (Å²) in [6, 6.07) is 0. The van der Waals surface area contributed by atoms with Gasteiger partial charge in [0.05, 0.1) is 19.8 Å². The molecule has 0 amide bonds. The third kappa shape index (κ3) is 6.28. The number of sulfone groups is 1. The molecule has 1 saturated heterocycles. The standard InChI is InChI=1S/C24H32FN3O4S/c1-31-14-17-12-26-24(27-13-17)28-8-6-18(7-9-28)22-10-20(22)16-32-15-19-4-3-5-21(11-23(19)25)33(2,29)30/h3-5,11-13,18,20-22H,6-10,14-16H2,1-2H3. The van der Waals surface area contributed by atoms with Gasteiger partial charge >= 0.3 is 0 Å². The van der Waals surface area contributed by atoms with Gasteiger partial charge in [-0.3, -0.25) is 0 Å². The second kappa shape index (κ2) is 10.4. The van der Waals surface area contributed by atoms with Crippen molar-refractivity contribution in [1.29, 1.82) is 0 Å². The van der Waals surface area contributed by atoms with Gasteiger partial charge in [-0.2, -0.15) is 0 Å². The molecule has 180 valence electrons. The van der Waals surface area contributed by atoms with Crippen molar-refractivity contribution in [3.05, 3.63) is 53.7 Å². The molecule has 1 aromatic heterocycles. The van der Waals surface area contributed by atoms with Crippen molar-refractivity contribution >= 4 is 15.8 Å². The van der Waals surface area contributed by atoms with Crippen molar-refractivity contribution in [2.75, 3.05) is 44.6 Å². The summed E-state index contributed by atoms with van der Waals surface area (Å²) in [5.74, 6) is 2.12. The van der Waals surface area contributed by atoms with Crippen LogP contribution < -0.4 is 4.90 Å². The first-order chi connectivity index (χ1) is 15.8. The predicted molar refractivity (Wildman–Crippen MR) is 125 cm³/mol. The van der Waals surface area contributed by atoms with E-state index in [0.29, 0.717) is 36.5 Å². The van der Waals surface area contributed by atoms with Gasteiger partial charge in [-0.1, -0.05) is 18.2 Å². The van der Waals surface area contributed by atoms with E-state index in [9.17, 15) is 12.8 Å². The minimum atomic E-state index is -3.37. The first-order valence-electron chi connectivity index (χ1n) is 11.4. The van der Waals surface area contributed by atoms with E-state index in [2.05, 4.69) is 14.9 Å². The van der Waals surface area contributed by atoms with Crippen LogP contribution in [0.15, 0.2) is 48.1 Å². The Bertz CT molecular complexity index is 1010. The molecular weight excluding hydrogens is 445 g/mol. The Morgan fingerprint density at radius 3 is 2.58 bits per heavy atom. The number of halogens is 1. The molecule has 0 spiro atoms. The maximum atomic E-state index is 14.4. The molecule has 4 rings (SSSR count). The topological polar surface area (TPSA) is 81.6 Å². The lowest BCUT2D eigenvalue weighted by Crippen LogP contribution is -2.35. The van der Waals surface area contributed by atoms with E-state index in [1.807, 2.05) is 12.4 Å². The highest BCUT2D eigenvalue weighted by Crippen LogP contribution is 2.48. The molecule has 2 heterocycles. The van der Waals surface area contributed by atoms with Crippen molar-refractivity contribution in [3.8, 4) is 0 Å². The van der Waals surface area contributed by atoms with Crippen LogP contribution in [0.3, 0.4) is 0 Å². The Morgan fingerprint density at radius 1 is 1.18 bits per heavy atom. The molecule has 3 unspecified atom stereocenters. The van der Waals surface area contributed by atoms with E-state index in [4.69, 9.17) is 9.47 Å². The van der Waals surface area contributed by atoms with Crippen LogP contribution in [0.1, 0.15) is 24.8 Å². The average molecular weight is 478 g/mol. The quantitative estimate of drug-likeness (QED) is 0.540. The zero-order valence-corrected chi connectivity index (χ0v) is 20.0. The smallest absolute Gasteiger partial charge is 0.225 e. The summed E-state index contributed by atoms with van der Waals surface area (Å²) < 4.78 is 48.7. The van der Waals surface area contributed by atoms with Crippen LogP contribution in [0, 0.1) is 17.8 Å². The highest BCUT2D eigenvalue weighted by molar-refractivity contribution is 7.91. The molecule has 0 bridgehead atoms. The zero-order chi connectivity index (χ0) is 23.4. The summed E-state index contributed by atoms with van der Waals surface area (Å²) in [6.45, 7) is 3.19. The third-order valence-corrected chi connectivity index (χ3v) is 7.99. The van der Waals surface area contributed by atoms with E-state index >= 15 is 0 Å². The fraction of sp³-hybridized carbons (Fsp3) is 0.583. The number of rotatable bonds is 9. The van der Waals surface area contributed by atoms with Crippen LogP contribution in [-0.4, -0.2) is 63.3 Å². The lowest BCUT2D eigenvalue weighted by atomic mass is 9.91. The molecule has 3 aliphatic rings. The van der Waals surface area contributed by atoms with Crippen LogP contribution in [-0.2, 0) is 25.9 Å². The van der Waals surface area contributed by atoms with Gasteiger partial charge in [0, 0.05) is 50.0 Å². The number of piperidine rings is 1. The second-order valence-corrected chi connectivity index (χ2v) is 11.4. The van der Waals surface area contributed by atoms with Gasteiger partial charge in [0.1, 0.15) is 11.1 Å². The van der Waals surface area contributed by atoms with Gasteiger partial charge in [0.15, 0.2) is 9.84 Å². The van der Waals surface area contributed by atoms with Gasteiger partial charge in [0.25, 0.3) is 0 Å². The summed E-state index contributed by atoms with van der Waals surface area (Å²) >= 11 is 0. The second-order valence-electron chi connectivity index (χ2n) is 9.21. The Kier molecular flexibility index (Phi) is 7.61. The van der Waals surface area contributed by atoms with Gasteiger partial charge in [-0.05, 0) is 43.1 Å². The molecule has 2 fully saturated rings. The van der Waals surface area contributed by atoms with E-state index in [-0.39, 0.29) is 6.61 Å². The van der Waals surface area contributed by atoms with Gasteiger partial charge in [0.2, 0.25) is 5.95 Å². The molecule has 7 nitrogen and oxygen atoms in total. The van der Waals surface area contributed by atoms with E-state index in [1.54, 1.807) is 19.3 Å². The van der Waals surface area contributed by atoms with E-state index in [1.165, 1.54) is 6.08 Å². The zero-order valence-electron chi connectivity index (χ0n) is 19.2. The van der Waals surface area contributed by atoms with Crippen molar-refractivity contribution in [2.45, 2.75) is 31.1 Å². The van der Waals surface area contributed by atoms with Gasteiger partial charge in [-0.15, -0.1) is 0 Å². The van der Waals surface area contributed by atoms with Crippen LogP contribution in [0.4, 0.5) is 10.3 Å². The molecule has 1 aliphatic heterocycles. The number of anilines is 1. The molecule has 0 radical (unpaired) electrons. The molecule has 0 aromatic carbocycles. The number of hydrogen-bond donors (Lipinski definition) is 0. The Morgan fingerprint density at radius 2 is 1.91 bits per heavy atom. The maximum Gasteiger partial charge on any atom is 0.225 e. The number of methoxy groups -OCH3 is 1. The van der Waals surface area contributed by atoms with E-state index < -0.39 is 20.9 Å². The van der Waals surface area contributed by atoms with Crippen LogP contribution in [0.2, 0.25) is 0 Å². The van der Waals surface area contributed by atoms with Crippen molar-refractivity contribution < 1.29 is 22.3 Å².